The summed E-state index contributed by atoms with van der Waals surface area (Å²) in [5, 5.41) is 0. The lowest BCUT2D eigenvalue weighted by Gasteiger charge is -2.25. The van der Waals surface area contributed by atoms with Gasteiger partial charge in [0.25, 0.3) is 20.2 Å². The van der Waals surface area contributed by atoms with Gasteiger partial charge in [0.05, 0.1) is 37.9 Å². The summed E-state index contributed by atoms with van der Waals surface area (Å²) in [5.74, 6) is -0.375. The molecule has 152 valence electrons. The van der Waals surface area contributed by atoms with Crippen LogP contribution >= 0.6 is 0 Å². The molecule has 2 fully saturated rings. The van der Waals surface area contributed by atoms with E-state index in [9.17, 15) is 16.8 Å². The summed E-state index contributed by atoms with van der Waals surface area (Å²) in [7, 11) is -7.61. The van der Waals surface area contributed by atoms with E-state index >= 15 is 0 Å². The summed E-state index contributed by atoms with van der Waals surface area (Å²) >= 11 is 0. The van der Waals surface area contributed by atoms with Crippen molar-refractivity contribution >= 4 is 20.2 Å². The summed E-state index contributed by atoms with van der Waals surface area (Å²) in [6.45, 7) is 6.34. The maximum atomic E-state index is 10.4. The molecule has 2 heterocycles. The fourth-order valence-electron chi connectivity index (χ4n) is 2.14. The molecule has 0 aromatic heterocycles. The van der Waals surface area contributed by atoms with Gasteiger partial charge >= 0.3 is 0 Å². The second-order valence-corrected chi connectivity index (χ2v) is 8.62. The number of hydrogen-bond donors (Lipinski definition) is 2. The number of morpholine rings is 2. The molecule has 0 aromatic rings. The molecule has 2 saturated heterocycles. The van der Waals surface area contributed by atoms with Gasteiger partial charge in [0.2, 0.25) is 0 Å². The Bertz CT molecular complexity index is 491. The van der Waals surface area contributed by atoms with E-state index in [1.165, 1.54) is 0 Å². The monoisotopic (exact) mass is 408 g/mol. The molecular formula is C12H28N2O9S2. The zero-order valence-corrected chi connectivity index (χ0v) is 15.7. The number of hydrogen-bond acceptors (Lipinski definition) is 8. The highest BCUT2D eigenvalue weighted by Crippen LogP contribution is 1.97. The van der Waals surface area contributed by atoms with Crippen LogP contribution in [0.4, 0.5) is 0 Å². The highest BCUT2D eigenvalue weighted by Gasteiger charge is 2.14. The van der Waals surface area contributed by atoms with Crippen LogP contribution in [0.25, 0.3) is 0 Å². The van der Waals surface area contributed by atoms with E-state index in [1.807, 2.05) is 9.80 Å². The highest BCUT2D eigenvalue weighted by atomic mass is 32.2. The van der Waals surface area contributed by atoms with Gasteiger partial charge in [-0.2, -0.15) is 16.8 Å². The third kappa shape index (κ3) is 14.5. The molecule has 0 amide bonds. The molecule has 0 spiro atoms. The van der Waals surface area contributed by atoms with E-state index in [0.717, 1.165) is 26.2 Å². The molecule has 4 N–H and O–H groups in total. The third-order valence-electron chi connectivity index (χ3n) is 3.54. The molecule has 0 bridgehead atoms. The molecular weight excluding hydrogens is 380 g/mol. The lowest BCUT2D eigenvalue weighted by Crippen LogP contribution is -2.38. The average Bonchev–Trinajstić information content (AvgIpc) is 2.52. The number of nitrogens with zero attached hydrogens (tertiary/aromatic N) is 2. The van der Waals surface area contributed by atoms with Crippen molar-refractivity contribution in [3.63, 3.8) is 0 Å². The quantitative estimate of drug-likeness (QED) is 0.452. The van der Waals surface area contributed by atoms with Crippen molar-refractivity contribution in [1.82, 2.24) is 9.80 Å². The molecule has 0 atom stereocenters. The fourth-order valence-corrected chi connectivity index (χ4v) is 3.12. The minimum absolute atomic E-state index is 0. The molecule has 25 heavy (non-hydrogen) atoms. The van der Waals surface area contributed by atoms with Crippen LogP contribution in [0.3, 0.4) is 0 Å². The van der Waals surface area contributed by atoms with E-state index in [1.54, 1.807) is 0 Å². The van der Waals surface area contributed by atoms with E-state index in [-0.39, 0.29) is 17.0 Å². The van der Waals surface area contributed by atoms with Gasteiger partial charge in [-0.3, -0.25) is 18.9 Å². The molecule has 0 aliphatic carbocycles. The lowest BCUT2D eigenvalue weighted by atomic mass is 10.4. The first-order valence-corrected chi connectivity index (χ1v) is 10.9. The van der Waals surface area contributed by atoms with Crippen LogP contribution in [-0.4, -0.2) is 118 Å². The number of ether oxygens (including phenoxy) is 2. The predicted molar refractivity (Wildman–Crippen MR) is 91.0 cm³/mol. The van der Waals surface area contributed by atoms with Crippen LogP contribution in [0.2, 0.25) is 0 Å². The SMILES string of the molecule is O.O=S(=O)(O)CCN1CCOCC1.O=S(=O)(O)CCN1CCOCC1. The first-order valence-electron chi connectivity index (χ1n) is 7.66. The normalized spacial score (nSPS) is 20.2. The van der Waals surface area contributed by atoms with Crippen LogP contribution < -0.4 is 0 Å². The Kier molecular flexibility index (Phi) is 11.9. The molecule has 11 nitrogen and oxygen atoms in total. The standard InChI is InChI=1S/2C6H13NO4S.H2O/c2*8-12(9,10)6-3-7-1-4-11-5-2-7;/h2*1-6H2,(H,8,9,10);1H2. The molecule has 2 aliphatic heterocycles. The van der Waals surface area contributed by atoms with Crippen molar-refractivity contribution in [2.75, 3.05) is 77.2 Å². The molecule has 2 rings (SSSR count). The van der Waals surface area contributed by atoms with Gasteiger partial charge < -0.3 is 14.9 Å². The predicted octanol–water partition coefficient (Wildman–Crippen LogP) is -2.41. The van der Waals surface area contributed by atoms with Gasteiger partial charge in [0, 0.05) is 39.3 Å². The van der Waals surface area contributed by atoms with Gasteiger partial charge in [-0.05, 0) is 0 Å². The maximum absolute atomic E-state index is 10.4. The highest BCUT2D eigenvalue weighted by molar-refractivity contribution is 7.86. The second kappa shape index (κ2) is 12.1. The van der Waals surface area contributed by atoms with Crippen molar-refractivity contribution in [2.45, 2.75) is 0 Å². The first-order chi connectivity index (χ1) is 11.2. The topological polar surface area (TPSA) is 165 Å². The molecule has 0 radical (unpaired) electrons. The fraction of sp³-hybridized carbons (Fsp3) is 1.00. The third-order valence-corrected chi connectivity index (χ3v) is 4.94. The molecule has 0 unspecified atom stereocenters. The zero-order valence-electron chi connectivity index (χ0n) is 14.0. The Balaban J connectivity index is 0.000000443. The first kappa shape index (κ1) is 24.6. The lowest BCUT2D eigenvalue weighted by molar-refractivity contribution is 0.0406. The van der Waals surface area contributed by atoms with Crippen LogP contribution in [0.5, 0.6) is 0 Å². The minimum atomic E-state index is -3.81. The molecule has 13 heteroatoms. The Morgan fingerprint density at radius 1 is 0.680 bits per heavy atom. The smallest absolute Gasteiger partial charge is 0.266 e. The second-order valence-electron chi connectivity index (χ2n) is 5.48. The molecule has 2 aliphatic rings. The Labute approximate surface area is 148 Å². The van der Waals surface area contributed by atoms with Gasteiger partial charge in [0.15, 0.2) is 0 Å². The van der Waals surface area contributed by atoms with Crippen LogP contribution in [0, 0.1) is 0 Å². The maximum Gasteiger partial charge on any atom is 0.266 e. The van der Waals surface area contributed by atoms with Crippen molar-refractivity contribution in [3.05, 3.63) is 0 Å². The Hall–Kier alpha value is -0.380. The van der Waals surface area contributed by atoms with Gasteiger partial charge in [0.1, 0.15) is 0 Å². The van der Waals surface area contributed by atoms with Crippen molar-refractivity contribution in [1.29, 1.82) is 0 Å². The van der Waals surface area contributed by atoms with Crippen molar-refractivity contribution in [2.24, 2.45) is 0 Å². The van der Waals surface area contributed by atoms with E-state index in [4.69, 9.17) is 18.6 Å². The van der Waals surface area contributed by atoms with E-state index < -0.39 is 20.2 Å². The van der Waals surface area contributed by atoms with Crippen LogP contribution in [-0.2, 0) is 29.7 Å². The Morgan fingerprint density at radius 2 is 0.960 bits per heavy atom. The molecule has 0 aromatic carbocycles. The summed E-state index contributed by atoms with van der Waals surface area (Å²) < 4.78 is 68.6. The van der Waals surface area contributed by atoms with Crippen molar-refractivity contribution in [3.8, 4) is 0 Å². The van der Waals surface area contributed by atoms with Gasteiger partial charge in [-0.15, -0.1) is 0 Å². The zero-order chi connectivity index (χ0) is 18.1. The summed E-state index contributed by atoms with van der Waals surface area (Å²) in [6, 6.07) is 0. The molecule has 0 saturated carbocycles. The van der Waals surface area contributed by atoms with Crippen LogP contribution in [0.15, 0.2) is 0 Å². The summed E-state index contributed by atoms with van der Waals surface area (Å²) in [5.41, 5.74) is 0. The van der Waals surface area contributed by atoms with Crippen molar-refractivity contribution < 1.29 is 40.9 Å². The minimum Gasteiger partial charge on any atom is -0.412 e. The summed E-state index contributed by atoms with van der Waals surface area (Å²) in [4.78, 5) is 3.91. The van der Waals surface area contributed by atoms with E-state index in [0.29, 0.717) is 39.5 Å². The van der Waals surface area contributed by atoms with E-state index in [2.05, 4.69) is 0 Å². The Morgan fingerprint density at radius 3 is 1.20 bits per heavy atom. The average molecular weight is 408 g/mol. The largest absolute Gasteiger partial charge is 0.412 e. The summed E-state index contributed by atoms with van der Waals surface area (Å²) in [6.07, 6.45) is 0. The number of rotatable bonds is 6. The van der Waals surface area contributed by atoms with Gasteiger partial charge in [-0.1, -0.05) is 0 Å². The van der Waals surface area contributed by atoms with Crippen LogP contribution in [0.1, 0.15) is 0 Å². The van der Waals surface area contributed by atoms with Gasteiger partial charge in [-0.25, -0.2) is 0 Å².